The van der Waals surface area contributed by atoms with E-state index < -0.39 is 23.7 Å². The number of fused-ring (bicyclic) bond motifs is 1. The number of rotatable bonds is 2. The van der Waals surface area contributed by atoms with Gasteiger partial charge in [0, 0.05) is 0 Å². The molecule has 2 aromatic rings. The van der Waals surface area contributed by atoms with Crippen molar-refractivity contribution in [2.45, 2.75) is 19.1 Å². The summed E-state index contributed by atoms with van der Waals surface area (Å²) in [6, 6.07) is 3.90. The first kappa shape index (κ1) is 16.8. The number of aliphatic imine (C=N–C) groups is 1. The monoisotopic (exact) mass is 347 g/mol. The van der Waals surface area contributed by atoms with Crippen molar-refractivity contribution < 1.29 is 22.5 Å². The van der Waals surface area contributed by atoms with Crippen molar-refractivity contribution in [1.82, 2.24) is 5.16 Å². The zero-order valence-electron chi connectivity index (χ0n) is 13.0. The lowest BCUT2D eigenvalue weighted by atomic mass is 9.97. The fourth-order valence-electron chi connectivity index (χ4n) is 2.75. The third kappa shape index (κ3) is 2.89. The summed E-state index contributed by atoms with van der Waals surface area (Å²) < 4.78 is 45.2. The molecule has 0 aliphatic carbocycles. The molecule has 3 rings (SSSR count). The fraction of sp³-hybridized carbons (Fsp3) is 0.235. The zero-order valence-corrected chi connectivity index (χ0v) is 13.0. The van der Waals surface area contributed by atoms with Gasteiger partial charge in [0.25, 0.3) is 5.91 Å². The second kappa shape index (κ2) is 6.09. The van der Waals surface area contributed by atoms with Gasteiger partial charge in [-0.2, -0.15) is 13.2 Å². The number of carbonyl (C=O) groups excluding carboxylic acids is 1. The zero-order chi connectivity index (χ0) is 18.2. The molecule has 5 nitrogen and oxygen atoms in total. The summed E-state index contributed by atoms with van der Waals surface area (Å²) >= 11 is 0. The van der Waals surface area contributed by atoms with Gasteiger partial charge in [-0.15, -0.1) is 6.42 Å². The highest BCUT2D eigenvalue weighted by atomic mass is 19.4. The molecule has 1 aromatic heterocycles. The first-order chi connectivity index (χ1) is 11.8. The highest BCUT2D eigenvalue weighted by Gasteiger charge is 2.38. The number of carbonyl (C=O) groups is 1. The van der Waals surface area contributed by atoms with Crippen LogP contribution in [-0.4, -0.2) is 23.8 Å². The maximum atomic E-state index is 13.4. The van der Waals surface area contributed by atoms with Crippen molar-refractivity contribution in [2.75, 3.05) is 11.4 Å². The molecule has 0 saturated carbocycles. The summed E-state index contributed by atoms with van der Waals surface area (Å²) in [6.45, 7) is 1.48. The lowest BCUT2D eigenvalue weighted by Gasteiger charge is -2.19. The van der Waals surface area contributed by atoms with Crippen LogP contribution in [0, 0.1) is 19.3 Å². The molecule has 1 aromatic carbocycles. The molecule has 1 amide bonds. The molecule has 0 bridgehead atoms. The summed E-state index contributed by atoms with van der Waals surface area (Å²) in [4.78, 5) is 17.5. The van der Waals surface area contributed by atoms with Gasteiger partial charge in [-0.1, -0.05) is 29.3 Å². The Balaban J connectivity index is 2.22. The second-order valence-corrected chi connectivity index (χ2v) is 5.37. The molecule has 0 radical (unpaired) electrons. The molecular formula is C17H12F3N3O2. The maximum absolute atomic E-state index is 13.4. The van der Waals surface area contributed by atoms with E-state index in [1.54, 1.807) is 6.92 Å². The van der Waals surface area contributed by atoms with Crippen LogP contribution in [0.4, 0.5) is 18.9 Å². The van der Waals surface area contributed by atoms with Crippen LogP contribution in [0.25, 0.3) is 0 Å². The lowest BCUT2D eigenvalue weighted by Crippen LogP contribution is -2.32. The predicted octanol–water partition coefficient (Wildman–Crippen LogP) is 3.14. The number of terminal acetylenes is 1. The third-order valence-electron chi connectivity index (χ3n) is 3.80. The minimum absolute atomic E-state index is 0.0758. The molecule has 0 saturated heterocycles. The maximum Gasteiger partial charge on any atom is 0.416 e. The molecule has 0 N–H and O–H groups in total. The molecule has 0 fully saturated rings. The van der Waals surface area contributed by atoms with Gasteiger partial charge in [-0.3, -0.25) is 14.7 Å². The number of hydrogen-bond acceptors (Lipinski definition) is 4. The van der Waals surface area contributed by atoms with Gasteiger partial charge in [0.2, 0.25) is 0 Å². The van der Waals surface area contributed by atoms with Gasteiger partial charge in [0.05, 0.1) is 18.3 Å². The van der Waals surface area contributed by atoms with E-state index in [9.17, 15) is 18.0 Å². The van der Waals surface area contributed by atoms with Crippen LogP contribution in [0.3, 0.4) is 0 Å². The topological polar surface area (TPSA) is 58.7 Å². The van der Waals surface area contributed by atoms with Crippen LogP contribution in [0.2, 0.25) is 0 Å². The van der Waals surface area contributed by atoms with Crippen molar-refractivity contribution in [3.05, 3.63) is 46.8 Å². The minimum Gasteiger partial charge on any atom is -0.359 e. The van der Waals surface area contributed by atoms with E-state index >= 15 is 0 Å². The number of nitrogens with zero attached hydrogens (tertiary/aromatic N) is 3. The molecule has 25 heavy (non-hydrogen) atoms. The Kier molecular flexibility index (Phi) is 4.08. The third-order valence-corrected chi connectivity index (χ3v) is 3.80. The number of alkyl halides is 3. The number of amides is 1. The van der Waals surface area contributed by atoms with E-state index in [0.29, 0.717) is 0 Å². The number of benzene rings is 1. The first-order valence-corrected chi connectivity index (χ1v) is 7.25. The second-order valence-electron chi connectivity index (χ2n) is 5.37. The van der Waals surface area contributed by atoms with Crippen molar-refractivity contribution >= 4 is 17.8 Å². The van der Waals surface area contributed by atoms with Gasteiger partial charge in [0.15, 0.2) is 5.76 Å². The number of anilines is 1. The van der Waals surface area contributed by atoms with E-state index in [4.69, 9.17) is 10.9 Å². The summed E-state index contributed by atoms with van der Waals surface area (Å²) in [5.74, 6) is 2.07. The Bertz CT molecular complexity index is 893. The first-order valence-electron chi connectivity index (χ1n) is 7.25. The quantitative estimate of drug-likeness (QED) is 0.784. The Hall–Kier alpha value is -3.08. The van der Waals surface area contributed by atoms with Crippen LogP contribution < -0.4 is 4.90 Å². The molecule has 1 aliphatic heterocycles. The summed E-state index contributed by atoms with van der Waals surface area (Å²) in [5, 5.41) is 3.85. The Morgan fingerprint density at radius 3 is 2.76 bits per heavy atom. The molecule has 128 valence electrons. The molecular weight excluding hydrogens is 335 g/mol. The van der Waals surface area contributed by atoms with Crippen molar-refractivity contribution in [3.8, 4) is 12.3 Å². The molecule has 0 spiro atoms. The van der Waals surface area contributed by atoms with Gasteiger partial charge in [-0.05, 0) is 18.6 Å². The summed E-state index contributed by atoms with van der Waals surface area (Å²) in [6.07, 6.45) is 1.69. The Morgan fingerprint density at radius 2 is 2.08 bits per heavy atom. The number of halogens is 3. The smallest absolute Gasteiger partial charge is 0.359 e. The average Bonchev–Trinajstić information content (AvgIpc) is 2.87. The molecule has 1 unspecified atom stereocenters. The predicted molar refractivity (Wildman–Crippen MR) is 84.2 cm³/mol. The highest BCUT2D eigenvalue weighted by molar-refractivity contribution is 6.33. The Morgan fingerprint density at radius 1 is 1.36 bits per heavy atom. The van der Waals surface area contributed by atoms with E-state index in [1.165, 1.54) is 23.1 Å². The van der Waals surface area contributed by atoms with Crippen molar-refractivity contribution in [2.24, 2.45) is 4.99 Å². The van der Waals surface area contributed by atoms with Crippen LogP contribution in [0.1, 0.15) is 28.6 Å². The van der Waals surface area contributed by atoms with Gasteiger partial charge < -0.3 is 4.52 Å². The SMILES string of the molecule is C#CCN1C(=O)C=NC(c2ccccc2C(F)(F)F)c2noc(C)c21. The molecule has 8 heteroatoms. The summed E-state index contributed by atoms with van der Waals surface area (Å²) in [5.41, 5.74) is -0.591. The van der Waals surface area contributed by atoms with Crippen LogP contribution >= 0.6 is 0 Å². The largest absolute Gasteiger partial charge is 0.416 e. The molecule has 1 atom stereocenters. The van der Waals surface area contributed by atoms with Gasteiger partial charge in [0.1, 0.15) is 17.4 Å². The average molecular weight is 347 g/mol. The number of hydrogen-bond donors (Lipinski definition) is 0. The van der Waals surface area contributed by atoms with E-state index in [1.807, 2.05) is 0 Å². The van der Waals surface area contributed by atoms with Gasteiger partial charge >= 0.3 is 6.18 Å². The lowest BCUT2D eigenvalue weighted by molar-refractivity contribution is -0.138. The number of aromatic nitrogens is 1. The Labute approximate surface area is 141 Å². The minimum atomic E-state index is -4.57. The molecule has 2 heterocycles. The standard InChI is InChI=1S/C17H12F3N3O2/c1-3-8-23-13(24)9-21-14(15-16(23)10(2)25-22-15)11-6-4-5-7-12(11)17(18,19)20/h1,4-7,9,14H,8H2,2H3. The molecule has 1 aliphatic rings. The fourth-order valence-corrected chi connectivity index (χ4v) is 2.75. The van der Waals surface area contributed by atoms with E-state index in [-0.39, 0.29) is 29.2 Å². The number of aryl methyl sites for hydroxylation is 1. The normalized spacial score (nSPS) is 17.2. The van der Waals surface area contributed by atoms with Crippen molar-refractivity contribution in [3.63, 3.8) is 0 Å². The summed E-state index contributed by atoms with van der Waals surface area (Å²) in [7, 11) is 0. The highest BCUT2D eigenvalue weighted by Crippen LogP contribution is 2.41. The van der Waals surface area contributed by atoms with Gasteiger partial charge in [-0.25, -0.2) is 0 Å². The van der Waals surface area contributed by atoms with E-state index in [0.717, 1.165) is 12.3 Å². The van der Waals surface area contributed by atoms with Crippen molar-refractivity contribution in [1.29, 1.82) is 0 Å². The van der Waals surface area contributed by atoms with Crippen LogP contribution in [0.5, 0.6) is 0 Å². The van der Waals surface area contributed by atoms with E-state index in [2.05, 4.69) is 16.1 Å². The van der Waals surface area contributed by atoms with Crippen LogP contribution in [0.15, 0.2) is 33.8 Å². The van der Waals surface area contributed by atoms with Crippen LogP contribution in [-0.2, 0) is 11.0 Å².